The molecule has 5 heteroatoms. The largest absolute Gasteiger partial charge is 0.480 e. The van der Waals surface area contributed by atoms with E-state index in [1.165, 1.54) is 4.90 Å². The van der Waals surface area contributed by atoms with Gasteiger partial charge in [0.2, 0.25) is 5.91 Å². The summed E-state index contributed by atoms with van der Waals surface area (Å²) in [5.74, 6) is -0.784. The predicted molar refractivity (Wildman–Crippen MR) is 55.7 cm³/mol. The number of aliphatic carboxylic acids is 1. The lowest BCUT2D eigenvalue weighted by atomic mass is 10.0. The number of hydrogen-bond donors (Lipinski definition) is 2. The van der Waals surface area contributed by atoms with Gasteiger partial charge in [0, 0.05) is 12.5 Å². The minimum absolute atomic E-state index is 0.0347. The van der Waals surface area contributed by atoms with Crippen molar-refractivity contribution in [1.82, 2.24) is 4.90 Å². The fourth-order valence-corrected chi connectivity index (χ4v) is 3.09. The molecule has 5 nitrogen and oxygen atoms in total. The molecule has 1 aliphatic heterocycles. The second kappa shape index (κ2) is 4.41. The Morgan fingerprint density at radius 3 is 2.69 bits per heavy atom. The van der Waals surface area contributed by atoms with Gasteiger partial charge in [-0.15, -0.1) is 0 Å². The third kappa shape index (κ3) is 1.80. The van der Waals surface area contributed by atoms with E-state index in [0.717, 1.165) is 19.3 Å². The molecular formula is C11H17NO4. The van der Waals surface area contributed by atoms with Crippen LogP contribution < -0.4 is 0 Å². The molecule has 0 unspecified atom stereocenters. The quantitative estimate of drug-likeness (QED) is 0.723. The van der Waals surface area contributed by atoms with E-state index in [1.54, 1.807) is 0 Å². The average molecular weight is 227 g/mol. The van der Waals surface area contributed by atoms with Gasteiger partial charge >= 0.3 is 5.97 Å². The number of nitrogens with zero attached hydrogens (tertiary/aromatic N) is 1. The molecule has 2 aliphatic rings. The van der Waals surface area contributed by atoms with E-state index in [9.17, 15) is 9.59 Å². The van der Waals surface area contributed by atoms with Crippen molar-refractivity contribution >= 4 is 11.9 Å². The normalized spacial score (nSPS) is 32.8. The van der Waals surface area contributed by atoms with Crippen LogP contribution in [0.1, 0.15) is 32.1 Å². The monoisotopic (exact) mass is 227 g/mol. The van der Waals surface area contributed by atoms with E-state index in [2.05, 4.69) is 0 Å². The average Bonchev–Trinajstić information content (AvgIpc) is 2.75. The maximum atomic E-state index is 11.8. The van der Waals surface area contributed by atoms with Gasteiger partial charge in [-0.1, -0.05) is 6.42 Å². The molecule has 1 aliphatic carbocycles. The molecule has 0 aromatic rings. The third-order valence-corrected chi connectivity index (χ3v) is 3.74. The Hall–Kier alpha value is -1.10. The molecule has 0 aromatic carbocycles. The molecule has 0 spiro atoms. The first-order valence-electron chi connectivity index (χ1n) is 5.80. The summed E-state index contributed by atoms with van der Waals surface area (Å²) in [5, 5.41) is 17.9. The zero-order valence-corrected chi connectivity index (χ0v) is 9.13. The highest BCUT2D eigenvalue weighted by atomic mass is 16.4. The van der Waals surface area contributed by atoms with Gasteiger partial charge in [0.25, 0.3) is 0 Å². The first-order valence-corrected chi connectivity index (χ1v) is 5.80. The van der Waals surface area contributed by atoms with E-state index < -0.39 is 12.0 Å². The summed E-state index contributed by atoms with van der Waals surface area (Å²) in [4.78, 5) is 24.4. The van der Waals surface area contributed by atoms with Crippen molar-refractivity contribution in [2.24, 2.45) is 5.92 Å². The molecule has 1 saturated carbocycles. The SMILES string of the molecule is O=C(O)[C@@H]1C[C@@H]2CCC[C@@H]2N1C(=O)CCO. The lowest BCUT2D eigenvalue weighted by molar-refractivity contribution is -0.150. The van der Waals surface area contributed by atoms with Gasteiger partial charge in [0.1, 0.15) is 6.04 Å². The van der Waals surface area contributed by atoms with E-state index in [-0.39, 0.29) is 25.0 Å². The number of rotatable bonds is 3. The molecule has 0 radical (unpaired) electrons. The zero-order valence-electron chi connectivity index (χ0n) is 9.13. The summed E-state index contributed by atoms with van der Waals surface area (Å²) in [6.07, 6.45) is 3.62. The van der Waals surface area contributed by atoms with Crippen LogP contribution in [0.25, 0.3) is 0 Å². The zero-order chi connectivity index (χ0) is 11.7. The Kier molecular flexibility index (Phi) is 3.14. The van der Waals surface area contributed by atoms with Crippen LogP contribution in [-0.4, -0.2) is 45.7 Å². The number of aliphatic hydroxyl groups is 1. The number of aliphatic hydroxyl groups excluding tert-OH is 1. The van der Waals surface area contributed by atoms with Gasteiger partial charge < -0.3 is 15.1 Å². The second-order valence-corrected chi connectivity index (χ2v) is 4.62. The first-order chi connectivity index (χ1) is 7.65. The molecule has 2 rings (SSSR count). The maximum Gasteiger partial charge on any atom is 0.326 e. The summed E-state index contributed by atoms with van der Waals surface area (Å²) >= 11 is 0. The van der Waals surface area contributed by atoms with Gasteiger partial charge in [0.15, 0.2) is 0 Å². The Morgan fingerprint density at radius 2 is 2.06 bits per heavy atom. The highest BCUT2D eigenvalue weighted by molar-refractivity contribution is 5.84. The Bertz CT molecular complexity index is 304. The summed E-state index contributed by atoms with van der Waals surface area (Å²) in [6, 6.07) is -0.575. The maximum absolute atomic E-state index is 11.8. The number of likely N-dealkylation sites (tertiary alicyclic amines) is 1. The summed E-state index contributed by atoms with van der Waals surface area (Å²) in [7, 11) is 0. The molecule has 1 amide bonds. The topological polar surface area (TPSA) is 77.8 Å². The second-order valence-electron chi connectivity index (χ2n) is 4.62. The van der Waals surface area contributed by atoms with E-state index in [4.69, 9.17) is 10.2 Å². The van der Waals surface area contributed by atoms with Crippen molar-refractivity contribution in [3.63, 3.8) is 0 Å². The standard InChI is InChI=1S/C11H17NO4/c13-5-4-10(14)12-8-3-1-2-7(8)6-9(12)11(15)16/h7-9,13H,1-6H2,(H,15,16)/t7-,8-,9-/m0/s1. The van der Waals surface area contributed by atoms with E-state index in [1.807, 2.05) is 0 Å². The molecule has 90 valence electrons. The summed E-state index contributed by atoms with van der Waals surface area (Å²) < 4.78 is 0. The van der Waals surface area contributed by atoms with Gasteiger partial charge in [0.05, 0.1) is 6.61 Å². The summed E-state index contributed by atoms with van der Waals surface area (Å²) in [6.45, 7) is -0.209. The van der Waals surface area contributed by atoms with Gasteiger partial charge in [-0.2, -0.15) is 0 Å². The van der Waals surface area contributed by atoms with Crippen LogP contribution in [0.15, 0.2) is 0 Å². The number of carbonyl (C=O) groups excluding carboxylic acids is 1. The van der Waals surface area contributed by atoms with Crippen molar-refractivity contribution < 1.29 is 19.8 Å². The van der Waals surface area contributed by atoms with Crippen LogP contribution >= 0.6 is 0 Å². The fourth-order valence-electron chi connectivity index (χ4n) is 3.09. The minimum Gasteiger partial charge on any atom is -0.480 e. The minimum atomic E-state index is -0.916. The number of amides is 1. The Balaban J connectivity index is 2.15. The molecule has 3 atom stereocenters. The fraction of sp³-hybridized carbons (Fsp3) is 0.818. The van der Waals surface area contributed by atoms with Gasteiger partial charge in [-0.25, -0.2) is 4.79 Å². The van der Waals surface area contributed by atoms with Crippen LogP contribution in [0.2, 0.25) is 0 Å². The molecule has 16 heavy (non-hydrogen) atoms. The van der Waals surface area contributed by atoms with Crippen molar-refractivity contribution in [1.29, 1.82) is 0 Å². The van der Waals surface area contributed by atoms with Crippen LogP contribution in [0.3, 0.4) is 0 Å². The smallest absolute Gasteiger partial charge is 0.326 e. The lowest BCUT2D eigenvalue weighted by Gasteiger charge is -2.27. The Labute approximate surface area is 94.0 Å². The molecular weight excluding hydrogens is 210 g/mol. The summed E-state index contributed by atoms with van der Waals surface area (Å²) in [5.41, 5.74) is 0. The number of carbonyl (C=O) groups is 2. The van der Waals surface area contributed by atoms with Crippen LogP contribution in [0, 0.1) is 5.92 Å². The van der Waals surface area contributed by atoms with Crippen LogP contribution in [-0.2, 0) is 9.59 Å². The van der Waals surface area contributed by atoms with Crippen LogP contribution in [0.4, 0.5) is 0 Å². The van der Waals surface area contributed by atoms with Crippen molar-refractivity contribution in [3.05, 3.63) is 0 Å². The highest BCUT2D eigenvalue weighted by Crippen LogP contribution is 2.41. The molecule has 1 saturated heterocycles. The third-order valence-electron chi connectivity index (χ3n) is 3.74. The van der Waals surface area contributed by atoms with Crippen molar-refractivity contribution in [2.45, 2.75) is 44.2 Å². The van der Waals surface area contributed by atoms with E-state index in [0.29, 0.717) is 12.3 Å². The number of hydrogen-bond acceptors (Lipinski definition) is 3. The number of fused-ring (bicyclic) bond motifs is 1. The van der Waals surface area contributed by atoms with E-state index >= 15 is 0 Å². The molecule has 1 heterocycles. The highest BCUT2D eigenvalue weighted by Gasteiger charge is 2.48. The molecule has 2 N–H and O–H groups in total. The number of carboxylic acid groups (broad SMARTS) is 1. The predicted octanol–water partition coefficient (Wildman–Crippen LogP) is 0.223. The van der Waals surface area contributed by atoms with Gasteiger partial charge in [-0.05, 0) is 25.2 Å². The molecule has 0 bridgehead atoms. The lowest BCUT2D eigenvalue weighted by Crippen LogP contribution is -2.45. The van der Waals surface area contributed by atoms with Crippen LogP contribution in [0.5, 0.6) is 0 Å². The van der Waals surface area contributed by atoms with Crippen molar-refractivity contribution in [2.75, 3.05) is 6.61 Å². The van der Waals surface area contributed by atoms with Gasteiger partial charge in [-0.3, -0.25) is 4.79 Å². The molecule has 2 fully saturated rings. The number of carboxylic acids is 1. The van der Waals surface area contributed by atoms with Crippen molar-refractivity contribution in [3.8, 4) is 0 Å². The first kappa shape index (κ1) is 11.4. The Morgan fingerprint density at radius 1 is 1.31 bits per heavy atom. The molecule has 0 aromatic heterocycles.